The molecule has 0 radical (unpaired) electrons. The Bertz CT molecular complexity index is 2810. The third kappa shape index (κ3) is 7.68. The van der Waals surface area contributed by atoms with Crippen LogP contribution in [0.2, 0.25) is 0 Å². The number of sulfone groups is 1. The fraction of sp³-hybridized carbons (Fsp3) is 0.435. The molecule has 0 saturated carbocycles. The van der Waals surface area contributed by atoms with Gasteiger partial charge < -0.3 is 29.7 Å². The second-order valence-electron chi connectivity index (χ2n) is 17.8. The highest BCUT2D eigenvalue weighted by Gasteiger charge is 2.47. The van der Waals surface area contributed by atoms with Crippen LogP contribution in [0.3, 0.4) is 0 Å². The number of aromatic nitrogens is 3. The van der Waals surface area contributed by atoms with Gasteiger partial charge in [0.15, 0.2) is 9.84 Å². The molecule has 66 heavy (non-hydrogen) atoms. The van der Waals surface area contributed by atoms with E-state index in [1.807, 2.05) is 28.0 Å². The van der Waals surface area contributed by atoms with Crippen LogP contribution in [0.4, 0.5) is 33.3 Å². The van der Waals surface area contributed by atoms with E-state index >= 15 is 0 Å². The molecule has 8 heterocycles. The number of fused-ring (bicyclic) bond motifs is 2. The lowest BCUT2D eigenvalue weighted by molar-refractivity contribution is -0.136. The van der Waals surface area contributed by atoms with Gasteiger partial charge in [-0.15, -0.1) is 0 Å². The Hall–Kier alpha value is -6.54. The third-order valence-electron chi connectivity index (χ3n) is 14.0. The molecule has 2 N–H and O–H groups in total. The number of alkyl halides is 1. The number of nitrogens with zero attached hydrogens (tertiary/aromatic N) is 8. The Morgan fingerprint density at radius 1 is 0.879 bits per heavy atom. The molecule has 2 aromatic carbocycles. The van der Waals surface area contributed by atoms with Gasteiger partial charge in [-0.05, 0) is 79.1 Å². The Kier molecular flexibility index (Phi) is 11.2. The van der Waals surface area contributed by atoms with Crippen molar-refractivity contribution in [2.24, 2.45) is 5.92 Å². The summed E-state index contributed by atoms with van der Waals surface area (Å²) in [5, 5.41) is 6.52. The van der Waals surface area contributed by atoms with Crippen LogP contribution in [0.5, 0.6) is 0 Å². The first kappa shape index (κ1) is 43.4. The van der Waals surface area contributed by atoms with Crippen molar-refractivity contribution in [2.75, 3.05) is 78.7 Å². The normalized spacial score (nSPS) is 25.5. The molecule has 5 atom stereocenters. The van der Waals surface area contributed by atoms with Crippen molar-refractivity contribution in [3.05, 3.63) is 84.2 Å². The number of amides is 5. The van der Waals surface area contributed by atoms with Gasteiger partial charge in [-0.2, -0.15) is 4.98 Å². The summed E-state index contributed by atoms with van der Waals surface area (Å²) in [4.78, 5) is 86.8. The Labute approximate surface area is 380 Å². The van der Waals surface area contributed by atoms with Gasteiger partial charge in [0.2, 0.25) is 23.7 Å². The van der Waals surface area contributed by atoms with Crippen molar-refractivity contribution in [3.8, 4) is 0 Å². The van der Waals surface area contributed by atoms with Crippen LogP contribution < -0.4 is 25.3 Å². The van der Waals surface area contributed by atoms with Crippen LogP contribution in [-0.2, 0) is 29.0 Å². The summed E-state index contributed by atoms with van der Waals surface area (Å²) in [5.41, 5.74) is 2.71. The fourth-order valence-corrected chi connectivity index (χ4v) is 12.4. The number of piperidine rings is 2. The van der Waals surface area contributed by atoms with Gasteiger partial charge in [-0.3, -0.25) is 34.2 Å². The lowest BCUT2D eigenvalue weighted by Gasteiger charge is -2.47. The van der Waals surface area contributed by atoms with E-state index in [4.69, 9.17) is 9.72 Å². The maximum Gasteiger partial charge on any atom is 0.262 e. The molecule has 0 aliphatic carbocycles. The average Bonchev–Trinajstić information content (AvgIpc) is 3.88. The summed E-state index contributed by atoms with van der Waals surface area (Å²) < 4.78 is 47.5. The minimum absolute atomic E-state index is 0.0125. The quantitative estimate of drug-likeness (QED) is 0.173. The number of halogens is 1. The van der Waals surface area contributed by atoms with E-state index in [1.54, 1.807) is 41.6 Å². The van der Waals surface area contributed by atoms with Crippen molar-refractivity contribution in [3.63, 3.8) is 0 Å². The van der Waals surface area contributed by atoms with Crippen molar-refractivity contribution < 1.29 is 41.5 Å². The highest BCUT2D eigenvalue weighted by Crippen LogP contribution is 2.43. The van der Waals surface area contributed by atoms with E-state index in [2.05, 4.69) is 32.1 Å². The number of likely N-dealkylation sites (tertiary alicyclic amines) is 1. The molecular formula is C46H49FN10O8S. The predicted octanol–water partition coefficient (Wildman–Crippen LogP) is 3.32. The molecule has 6 aliphatic rings. The summed E-state index contributed by atoms with van der Waals surface area (Å²) in [6, 6.07) is 11.3. The molecule has 6 aliphatic heterocycles. The molecule has 344 valence electrons. The highest BCUT2D eigenvalue weighted by atomic mass is 32.2. The molecule has 2 aromatic heterocycles. The molecule has 20 heteroatoms. The minimum atomic E-state index is -3.50. The second-order valence-corrected chi connectivity index (χ2v) is 20.1. The molecule has 0 spiro atoms. The number of anilines is 5. The molecule has 0 bridgehead atoms. The van der Waals surface area contributed by atoms with Gasteiger partial charge in [-0.1, -0.05) is 12.6 Å². The molecule has 10 rings (SSSR count). The van der Waals surface area contributed by atoms with E-state index in [9.17, 15) is 36.8 Å². The number of hydrogen-bond donors (Lipinski definition) is 2. The number of ether oxygens (including phenoxy) is 1. The molecule has 18 nitrogen and oxygen atoms in total. The summed E-state index contributed by atoms with van der Waals surface area (Å²) in [6.45, 7) is 6.29. The summed E-state index contributed by atoms with van der Waals surface area (Å²) in [5.74, 6) is -1.46. The van der Waals surface area contributed by atoms with E-state index in [0.717, 1.165) is 39.8 Å². The van der Waals surface area contributed by atoms with Crippen LogP contribution in [-0.4, -0.2) is 145 Å². The molecule has 5 amide bonds. The zero-order chi connectivity index (χ0) is 46.0. The topological polar surface area (TPSA) is 208 Å². The van der Waals surface area contributed by atoms with E-state index in [1.165, 1.54) is 13.2 Å². The number of carbonyl (C=O) groups excluding carboxylic acids is 5. The maximum absolute atomic E-state index is 14.8. The number of nitrogens with one attached hydrogen (secondary N) is 2. The molecule has 4 aromatic rings. The van der Waals surface area contributed by atoms with Crippen LogP contribution in [0, 0.1) is 5.92 Å². The monoisotopic (exact) mass is 920 g/mol. The third-order valence-corrected chi connectivity index (χ3v) is 16.2. The number of benzene rings is 2. The van der Waals surface area contributed by atoms with Crippen LogP contribution in [0.25, 0.3) is 10.8 Å². The van der Waals surface area contributed by atoms with E-state index in [-0.39, 0.29) is 67.2 Å². The smallest absolute Gasteiger partial charge is 0.262 e. The molecule has 5 fully saturated rings. The van der Waals surface area contributed by atoms with Gasteiger partial charge in [0.25, 0.3) is 11.8 Å². The molecule has 5 saturated heterocycles. The summed E-state index contributed by atoms with van der Waals surface area (Å²) in [7, 11) is -1.99. The lowest BCUT2D eigenvalue weighted by Crippen LogP contribution is -2.60. The molecule has 1 unspecified atom stereocenters. The van der Waals surface area contributed by atoms with Crippen LogP contribution in [0.15, 0.2) is 67.5 Å². The number of imide groups is 2. The van der Waals surface area contributed by atoms with Crippen LogP contribution in [0.1, 0.15) is 64.4 Å². The molecular weight excluding hydrogens is 872 g/mol. The van der Waals surface area contributed by atoms with Crippen molar-refractivity contribution >= 4 is 79.1 Å². The highest BCUT2D eigenvalue weighted by molar-refractivity contribution is 7.92. The fourth-order valence-electron chi connectivity index (χ4n) is 10.5. The van der Waals surface area contributed by atoms with E-state index < -0.39 is 57.0 Å². The first-order chi connectivity index (χ1) is 31.8. The predicted molar refractivity (Wildman–Crippen MR) is 242 cm³/mol. The maximum atomic E-state index is 14.8. The average molecular weight is 921 g/mol. The number of hydrogen-bond acceptors (Lipinski definition) is 15. The van der Waals surface area contributed by atoms with Gasteiger partial charge in [0, 0.05) is 87.9 Å². The van der Waals surface area contributed by atoms with Gasteiger partial charge in [0.1, 0.15) is 23.8 Å². The number of methoxy groups -OCH3 is 1. The van der Waals surface area contributed by atoms with Gasteiger partial charge >= 0.3 is 0 Å². The first-order valence-corrected chi connectivity index (χ1v) is 24.0. The Morgan fingerprint density at radius 3 is 2.47 bits per heavy atom. The second kappa shape index (κ2) is 17.0. The minimum Gasteiger partial charge on any atom is -0.378 e. The van der Waals surface area contributed by atoms with Gasteiger partial charge in [-0.25, -0.2) is 22.8 Å². The van der Waals surface area contributed by atoms with Crippen molar-refractivity contribution in [1.29, 1.82) is 0 Å². The van der Waals surface area contributed by atoms with Crippen molar-refractivity contribution in [1.82, 2.24) is 30.1 Å². The zero-order valence-electron chi connectivity index (χ0n) is 36.3. The number of rotatable bonds is 10. The van der Waals surface area contributed by atoms with Gasteiger partial charge in [0.05, 0.1) is 40.8 Å². The van der Waals surface area contributed by atoms with Crippen molar-refractivity contribution in [2.45, 2.75) is 61.7 Å². The number of pyridine rings is 1. The lowest BCUT2D eigenvalue weighted by atomic mass is 9.91. The number of carbonyl (C=O) groups is 5. The van der Waals surface area contributed by atoms with E-state index in [0.29, 0.717) is 55.9 Å². The summed E-state index contributed by atoms with van der Waals surface area (Å²) >= 11 is 0. The summed E-state index contributed by atoms with van der Waals surface area (Å²) in [6.07, 6.45) is 5.24. The first-order valence-electron chi connectivity index (χ1n) is 22.3. The Morgan fingerprint density at radius 2 is 1.70 bits per heavy atom. The SMILES string of the molecule is C=CC(=O)N1CCC[C@H]1c1ccc(N2CC([C@@H]3CN(c4ccc5c(c4)C(=O)N(C4CCC(=O)NC4=O)C5=O)CCS3(=O)=O)C2)c2cnc(Nc3ccnc(N4CC[C@@H](OC)[C@@H](F)C4)n3)cc12. The Balaban J connectivity index is 0.887. The van der Waals surface area contributed by atoms with Crippen LogP contribution >= 0.6 is 0 Å². The largest absolute Gasteiger partial charge is 0.378 e. The zero-order valence-corrected chi connectivity index (χ0v) is 37.1. The standard InChI is InChI=1S/C46H49FN10O8S/c1-3-42(59)56-15-4-5-35(56)28-8-9-34(32-21-49-40(20-30(28)32)50-39-12-14-48-46(51-39)54-16-13-37(65-2)33(47)24-54)55-22-26(23-55)38-25-53(17-18-66(38,63)64)27-6-7-29-31(19-27)45(62)57(44(29)61)36-10-11-41(58)52-43(36)60/h3,6-9,12,14,19-21,26,33,35-38H,1,4-5,10-11,13,15-18,22-25H2,2H3,(H,52,58,60)(H,48,49,50,51)/t33-,35-,36?,37+,38-/m0/s1.